The fourth-order valence-corrected chi connectivity index (χ4v) is 1.53. The van der Waals surface area contributed by atoms with Crippen LogP contribution in [0.1, 0.15) is 33.1 Å². The number of carbonyl (C=O) groups is 2. The van der Waals surface area contributed by atoms with Gasteiger partial charge in [-0.3, -0.25) is 0 Å². The average molecular weight is 268 g/mol. The summed E-state index contributed by atoms with van der Waals surface area (Å²) in [4.78, 5) is 21.0. The van der Waals surface area contributed by atoms with Crippen molar-refractivity contribution in [1.29, 1.82) is 0 Å². The fraction of sp³-hybridized carbons (Fsp3) is 0.571. The molecule has 0 radical (unpaired) electrons. The van der Waals surface area contributed by atoms with Crippen molar-refractivity contribution in [2.45, 2.75) is 39.2 Å². The van der Waals surface area contributed by atoms with Gasteiger partial charge in [-0.2, -0.15) is 0 Å². The van der Waals surface area contributed by atoms with Crippen molar-refractivity contribution in [3.63, 3.8) is 0 Å². The topological polar surface area (TPSA) is 76.1 Å². The Bertz CT molecular complexity index is 404. The van der Waals surface area contributed by atoms with Crippen molar-refractivity contribution in [2.75, 3.05) is 13.2 Å². The van der Waals surface area contributed by atoms with Crippen LogP contribution in [-0.4, -0.2) is 36.4 Å². The van der Waals surface area contributed by atoms with E-state index in [2.05, 4.69) is 6.58 Å². The Morgan fingerprint density at radius 2 is 2.11 bits per heavy atom. The highest BCUT2D eigenvalue weighted by Gasteiger charge is 2.24. The van der Waals surface area contributed by atoms with Crippen molar-refractivity contribution in [3.05, 3.63) is 23.3 Å². The number of carboxylic acids is 1. The number of rotatable bonds is 5. The number of epoxide rings is 1. The zero-order valence-electron chi connectivity index (χ0n) is 11.4. The molecule has 2 aliphatic rings. The Morgan fingerprint density at radius 3 is 2.37 bits per heavy atom. The van der Waals surface area contributed by atoms with E-state index in [0.29, 0.717) is 24.4 Å². The largest absolute Gasteiger partial charge is 0.478 e. The van der Waals surface area contributed by atoms with E-state index in [-0.39, 0.29) is 12.1 Å². The van der Waals surface area contributed by atoms with Crippen LogP contribution in [0, 0.1) is 0 Å². The lowest BCUT2D eigenvalue weighted by atomic mass is 9.87. The van der Waals surface area contributed by atoms with Gasteiger partial charge in [-0.05, 0) is 26.2 Å². The number of esters is 1. The lowest BCUT2D eigenvalue weighted by molar-refractivity contribution is -0.139. The van der Waals surface area contributed by atoms with E-state index < -0.39 is 5.97 Å². The van der Waals surface area contributed by atoms with Gasteiger partial charge in [-0.15, -0.1) is 0 Å². The van der Waals surface area contributed by atoms with E-state index in [1.807, 2.05) is 6.92 Å². The number of hydrogen-bond donors (Lipinski definition) is 1. The zero-order valence-corrected chi connectivity index (χ0v) is 11.4. The summed E-state index contributed by atoms with van der Waals surface area (Å²) in [7, 11) is 0. The van der Waals surface area contributed by atoms with Crippen LogP contribution in [0.2, 0.25) is 0 Å². The van der Waals surface area contributed by atoms with Gasteiger partial charge in [-0.1, -0.05) is 19.1 Å². The van der Waals surface area contributed by atoms with Gasteiger partial charge in [0.1, 0.15) is 12.7 Å². The molecule has 1 aliphatic heterocycles. The zero-order chi connectivity index (χ0) is 14.4. The smallest absolute Gasteiger partial charge is 0.333 e. The summed E-state index contributed by atoms with van der Waals surface area (Å²) in [5, 5.41) is 8.48. The molecule has 1 N–H and O–H groups in total. The molecule has 0 aromatic rings. The maximum absolute atomic E-state index is 10.7. The summed E-state index contributed by atoms with van der Waals surface area (Å²) < 4.78 is 9.60. The maximum atomic E-state index is 10.7. The lowest BCUT2D eigenvalue weighted by Gasteiger charge is -2.18. The molecule has 1 heterocycles. The van der Waals surface area contributed by atoms with E-state index in [1.165, 1.54) is 0 Å². The minimum Gasteiger partial charge on any atom is -0.478 e. The molecule has 19 heavy (non-hydrogen) atoms. The standard InChI is InChI=1S/C7H10O3.C7H10O2/c1-5(2)7(8)10-4-6-3-9-6;1-2-5-3-4-6(5)7(8)9/h6H,1,3-4H2,2H3;2-4H2,1H3,(H,8,9). The minimum atomic E-state index is -0.724. The molecule has 1 saturated heterocycles. The molecule has 0 spiro atoms. The monoisotopic (exact) mass is 268 g/mol. The number of carbonyl (C=O) groups excluding carboxylic acids is 1. The normalized spacial score (nSPS) is 19.8. The molecule has 2 rings (SSSR count). The third-order valence-corrected chi connectivity index (χ3v) is 2.94. The van der Waals surface area contributed by atoms with Crippen LogP contribution in [0.3, 0.4) is 0 Å². The predicted molar refractivity (Wildman–Crippen MR) is 69.7 cm³/mol. The Balaban J connectivity index is 0.000000191. The van der Waals surface area contributed by atoms with Crippen LogP contribution in [0.25, 0.3) is 0 Å². The van der Waals surface area contributed by atoms with Crippen molar-refractivity contribution in [2.24, 2.45) is 0 Å². The van der Waals surface area contributed by atoms with E-state index in [1.54, 1.807) is 6.92 Å². The van der Waals surface area contributed by atoms with Gasteiger partial charge < -0.3 is 14.6 Å². The first-order valence-electron chi connectivity index (χ1n) is 6.34. The highest BCUT2D eigenvalue weighted by Crippen LogP contribution is 2.29. The van der Waals surface area contributed by atoms with E-state index >= 15 is 0 Å². The molecule has 1 atom stereocenters. The summed E-state index contributed by atoms with van der Waals surface area (Å²) in [6.45, 7) is 8.14. The molecule has 0 saturated carbocycles. The van der Waals surface area contributed by atoms with Crippen molar-refractivity contribution < 1.29 is 24.2 Å². The number of hydrogen-bond acceptors (Lipinski definition) is 4. The average Bonchev–Trinajstić information content (AvgIpc) is 3.08. The van der Waals surface area contributed by atoms with E-state index in [0.717, 1.165) is 24.8 Å². The predicted octanol–water partition coefficient (Wildman–Crippen LogP) is 2.08. The molecule has 5 heteroatoms. The molecule has 1 aliphatic carbocycles. The first kappa shape index (κ1) is 15.4. The van der Waals surface area contributed by atoms with Gasteiger partial charge in [-0.25, -0.2) is 9.59 Å². The molecule has 0 amide bonds. The SMILES string of the molecule is C=C(C)C(=O)OCC1CO1.CCC1=C(C(=O)O)CC1. The molecule has 1 fully saturated rings. The van der Waals surface area contributed by atoms with Crippen molar-refractivity contribution in [3.8, 4) is 0 Å². The Hall–Kier alpha value is -1.62. The second kappa shape index (κ2) is 7.09. The third kappa shape index (κ3) is 5.26. The van der Waals surface area contributed by atoms with Gasteiger partial charge >= 0.3 is 11.9 Å². The molecular weight excluding hydrogens is 248 g/mol. The van der Waals surface area contributed by atoms with Crippen LogP contribution < -0.4 is 0 Å². The van der Waals surface area contributed by atoms with Crippen molar-refractivity contribution >= 4 is 11.9 Å². The van der Waals surface area contributed by atoms with Gasteiger partial charge in [0.25, 0.3) is 0 Å². The van der Waals surface area contributed by atoms with Crippen LogP contribution in [0.15, 0.2) is 23.3 Å². The highest BCUT2D eigenvalue weighted by atomic mass is 16.6. The summed E-state index contributed by atoms with van der Waals surface area (Å²) >= 11 is 0. The molecule has 1 unspecified atom stereocenters. The molecule has 5 nitrogen and oxygen atoms in total. The van der Waals surface area contributed by atoms with Crippen LogP contribution in [0.5, 0.6) is 0 Å². The first-order valence-corrected chi connectivity index (χ1v) is 6.34. The Morgan fingerprint density at radius 1 is 1.47 bits per heavy atom. The van der Waals surface area contributed by atoms with Crippen LogP contribution in [0.4, 0.5) is 0 Å². The Labute approximate surface area is 112 Å². The number of allylic oxidation sites excluding steroid dienone is 1. The second-order valence-electron chi connectivity index (χ2n) is 4.57. The third-order valence-electron chi connectivity index (χ3n) is 2.94. The summed E-state index contributed by atoms with van der Waals surface area (Å²) in [6, 6.07) is 0. The molecule has 0 aromatic heterocycles. The summed E-state index contributed by atoms with van der Waals surface area (Å²) in [6.07, 6.45) is 2.82. The van der Waals surface area contributed by atoms with Gasteiger partial charge in [0.15, 0.2) is 0 Å². The van der Waals surface area contributed by atoms with Crippen LogP contribution >= 0.6 is 0 Å². The van der Waals surface area contributed by atoms with E-state index in [4.69, 9.17) is 14.6 Å². The van der Waals surface area contributed by atoms with Gasteiger partial charge in [0, 0.05) is 11.1 Å². The van der Waals surface area contributed by atoms with E-state index in [9.17, 15) is 9.59 Å². The highest BCUT2D eigenvalue weighted by molar-refractivity contribution is 5.89. The Kier molecular flexibility index (Phi) is 5.76. The second-order valence-corrected chi connectivity index (χ2v) is 4.57. The maximum Gasteiger partial charge on any atom is 0.333 e. The van der Waals surface area contributed by atoms with Crippen molar-refractivity contribution in [1.82, 2.24) is 0 Å². The number of ether oxygens (including phenoxy) is 2. The van der Waals surface area contributed by atoms with Crippen LogP contribution in [-0.2, 0) is 19.1 Å². The summed E-state index contributed by atoms with van der Waals surface area (Å²) in [5.41, 5.74) is 2.21. The molecular formula is C14H20O5. The van der Waals surface area contributed by atoms with Gasteiger partial charge in [0.2, 0.25) is 0 Å². The fourth-order valence-electron chi connectivity index (χ4n) is 1.53. The first-order chi connectivity index (χ1) is 8.95. The van der Waals surface area contributed by atoms with Gasteiger partial charge in [0.05, 0.1) is 6.61 Å². The molecule has 0 aromatic carbocycles. The molecule has 0 bridgehead atoms. The summed E-state index contributed by atoms with van der Waals surface area (Å²) in [5.74, 6) is -1.06. The number of carboxylic acid groups (broad SMARTS) is 1. The lowest BCUT2D eigenvalue weighted by Crippen LogP contribution is -2.12. The molecule has 106 valence electrons. The number of aliphatic carboxylic acids is 1. The quantitative estimate of drug-likeness (QED) is 0.469. The minimum absolute atomic E-state index is 0.142.